The van der Waals surface area contributed by atoms with Crippen LogP contribution in [0.2, 0.25) is 0 Å². The highest BCUT2D eigenvalue weighted by Gasteiger charge is 2.23. The summed E-state index contributed by atoms with van der Waals surface area (Å²) in [5.41, 5.74) is 0.327. The molecule has 0 aliphatic heterocycles. The maximum atomic E-state index is 12.4. The van der Waals surface area contributed by atoms with Gasteiger partial charge in [-0.1, -0.05) is 0 Å². The molecule has 0 aromatic carbocycles. The topological polar surface area (TPSA) is 83.1 Å². The number of hydrogen-bond acceptors (Lipinski definition) is 6. The molecule has 3 heterocycles. The number of aromatic nitrogens is 2. The van der Waals surface area contributed by atoms with Crippen molar-refractivity contribution < 1.29 is 8.42 Å². The van der Waals surface area contributed by atoms with Gasteiger partial charge < -0.3 is 4.98 Å². The molecule has 3 rings (SSSR count). The van der Waals surface area contributed by atoms with Gasteiger partial charge >= 0.3 is 0 Å². The minimum Gasteiger partial charge on any atom is -0.308 e. The van der Waals surface area contributed by atoms with Gasteiger partial charge in [-0.05, 0) is 39.5 Å². The third-order valence-corrected chi connectivity index (χ3v) is 7.75. The number of thiophene rings is 2. The molecule has 0 aliphatic rings. The Morgan fingerprint density at radius 1 is 1.36 bits per heavy atom. The van der Waals surface area contributed by atoms with Crippen LogP contribution in [0.15, 0.2) is 36.4 Å². The first kappa shape index (κ1) is 15.8. The molecule has 10 heteroatoms. The number of rotatable bonds is 4. The van der Waals surface area contributed by atoms with E-state index in [1.165, 1.54) is 22.7 Å². The predicted molar refractivity (Wildman–Crippen MR) is 90.9 cm³/mol. The zero-order chi connectivity index (χ0) is 15.9. The van der Waals surface area contributed by atoms with Gasteiger partial charge in [0, 0.05) is 7.05 Å². The van der Waals surface area contributed by atoms with Crippen molar-refractivity contribution >= 4 is 58.8 Å². The fraction of sp³-hybridized carbons (Fsp3) is 0.167. The van der Waals surface area contributed by atoms with Crippen molar-refractivity contribution in [1.29, 1.82) is 0 Å². The van der Waals surface area contributed by atoms with Crippen molar-refractivity contribution in [2.75, 3.05) is 7.05 Å². The molecule has 0 radical (unpaired) electrons. The maximum Gasteiger partial charge on any atom is 0.268 e. The lowest BCUT2D eigenvalue weighted by Gasteiger charge is -2.15. The predicted octanol–water partition coefficient (Wildman–Crippen LogP) is 2.63. The molecule has 0 fully saturated rings. The van der Waals surface area contributed by atoms with E-state index >= 15 is 0 Å². The molecule has 22 heavy (non-hydrogen) atoms. The Balaban J connectivity index is 1.92. The second-order valence-electron chi connectivity index (χ2n) is 4.47. The number of nitrogens with zero attached hydrogens (tertiary/aromatic N) is 2. The number of aromatic amines is 1. The van der Waals surface area contributed by atoms with E-state index in [-0.39, 0.29) is 16.3 Å². The fourth-order valence-electron chi connectivity index (χ4n) is 1.88. The Labute approximate surface area is 142 Å². The zero-order valence-corrected chi connectivity index (χ0v) is 15.3. The van der Waals surface area contributed by atoms with Crippen molar-refractivity contribution in [2.24, 2.45) is 0 Å². The zero-order valence-electron chi connectivity index (χ0n) is 11.2. The van der Waals surface area contributed by atoms with Gasteiger partial charge in [0.1, 0.15) is 14.7 Å². The van der Waals surface area contributed by atoms with Crippen molar-refractivity contribution in [2.45, 2.75) is 10.8 Å². The van der Waals surface area contributed by atoms with Crippen LogP contribution < -0.4 is 5.56 Å². The molecule has 1 N–H and O–H groups in total. The normalized spacial score (nSPS) is 12.3. The molecule has 0 saturated heterocycles. The standard InChI is InChI=1S/C12H10BrN3O3S3/c1-16(22(18,19)10-3-2-8(13)21-10)6-9-14-7-4-5-20-11(7)12(17)15-9/h2-5H,6H2,1H3,(H,14,15,17). The fourth-order valence-corrected chi connectivity index (χ4v) is 5.96. The number of H-pyrrole nitrogens is 1. The molecule has 0 aliphatic carbocycles. The van der Waals surface area contributed by atoms with E-state index in [1.807, 2.05) is 0 Å². The number of hydrogen-bond donors (Lipinski definition) is 1. The highest BCUT2D eigenvalue weighted by molar-refractivity contribution is 9.11. The molecule has 0 spiro atoms. The molecule has 3 aromatic rings. The molecule has 6 nitrogen and oxygen atoms in total. The summed E-state index contributed by atoms with van der Waals surface area (Å²) in [6.45, 7) is -0.00111. The summed E-state index contributed by atoms with van der Waals surface area (Å²) in [6.07, 6.45) is 0. The van der Waals surface area contributed by atoms with E-state index in [2.05, 4.69) is 25.9 Å². The summed E-state index contributed by atoms with van der Waals surface area (Å²) in [5.74, 6) is 0.317. The SMILES string of the molecule is CN(Cc1nc2ccsc2c(=O)[nH]1)S(=O)(=O)c1ccc(Br)s1. The molecule has 116 valence electrons. The summed E-state index contributed by atoms with van der Waals surface area (Å²) in [7, 11) is -2.15. The van der Waals surface area contributed by atoms with Crippen molar-refractivity contribution in [3.05, 3.63) is 43.5 Å². The smallest absolute Gasteiger partial charge is 0.268 e. The van der Waals surface area contributed by atoms with Gasteiger partial charge in [0.25, 0.3) is 15.6 Å². The lowest BCUT2D eigenvalue weighted by atomic mass is 10.4. The van der Waals surface area contributed by atoms with E-state index < -0.39 is 10.0 Å². The van der Waals surface area contributed by atoms with E-state index in [1.54, 1.807) is 23.6 Å². The first-order valence-electron chi connectivity index (χ1n) is 6.06. The van der Waals surface area contributed by atoms with Crippen LogP contribution in [0.1, 0.15) is 5.82 Å². The van der Waals surface area contributed by atoms with Gasteiger partial charge in [-0.25, -0.2) is 13.4 Å². The lowest BCUT2D eigenvalue weighted by molar-refractivity contribution is 0.458. The molecule has 0 atom stereocenters. The average molecular weight is 420 g/mol. The van der Waals surface area contributed by atoms with Gasteiger partial charge in [0.15, 0.2) is 0 Å². The quantitative estimate of drug-likeness (QED) is 0.704. The Kier molecular flexibility index (Phi) is 4.21. The first-order valence-corrected chi connectivity index (χ1v) is 9.99. The van der Waals surface area contributed by atoms with Gasteiger partial charge in [0.05, 0.1) is 15.8 Å². The van der Waals surface area contributed by atoms with Gasteiger partial charge in [-0.15, -0.1) is 22.7 Å². The van der Waals surface area contributed by atoms with E-state index in [9.17, 15) is 13.2 Å². The third-order valence-electron chi connectivity index (χ3n) is 2.95. The minimum atomic E-state index is -3.61. The molecular weight excluding hydrogens is 410 g/mol. The Bertz CT molecular complexity index is 990. The molecular formula is C12H10BrN3O3S3. The number of nitrogens with one attached hydrogen (secondary N) is 1. The van der Waals surface area contributed by atoms with E-state index in [0.29, 0.717) is 16.0 Å². The van der Waals surface area contributed by atoms with Crippen LogP contribution in [0.5, 0.6) is 0 Å². The van der Waals surface area contributed by atoms with Crippen LogP contribution in [0.25, 0.3) is 10.2 Å². The van der Waals surface area contributed by atoms with Crippen molar-refractivity contribution in [3.8, 4) is 0 Å². The van der Waals surface area contributed by atoms with Crippen LogP contribution in [-0.2, 0) is 16.6 Å². The highest BCUT2D eigenvalue weighted by Crippen LogP contribution is 2.28. The maximum absolute atomic E-state index is 12.4. The second kappa shape index (κ2) is 5.85. The number of fused-ring (bicyclic) bond motifs is 1. The van der Waals surface area contributed by atoms with Crippen LogP contribution in [0.3, 0.4) is 0 Å². The molecule has 0 amide bonds. The summed E-state index contributed by atoms with van der Waals surface area (Å²) < 4.78 is 27.6. The molecule has 3 aromatic heterocycles. The number of sulfonamides is 1. The first-order chi connectivity index (χ1) is 10.4. The van der Waals surface area contributed by atoms with E-state index in [4.69, 9.17) is 0 Å². The average Bonchev–Trinajstić information content (AvgIpc) is 3.07. The summed E-state index contributed by atoms with van der Waals surface area (Å²) in [6, 6.07) is 4.96. The monoisotopic (exact) mass is 419 g/mol. The van der Waals surface area contributed by atoms with Crippen molar-refractivity contribution in [3.63, 3.8) is 0 Å². The van der Waals surface area contributed by atoms with Crippen LogP contribution >= 0.6 is 38.6 Å². The molecule has 0 bridgehead atoms. The molecule has 0 unspecified atom stereocenters. The van der Waals surface area contributed by atoms with Crippen LogP contribution in [0.4, 0.5) is 0 Å². The third kappa shape index (κ3) is 2.88. The molecule has 0 saturated carbocycles. The van der Waals surface area contributed by atoms with Crippen LogP contribution in [-0.4, -0.2) is 29.7 Å². The minimum absolute atomic E-state index is 0.00111. The Morgan fingerprint density at radius 3 is 2.82 bits per heavy atom. The highest BCUT2D eigenvalue weighted by atomic mass is 79.9. The van der Waals surface area contributed by atoms with E-state index in [0.717, 1.165) is 15.1 Å². The Morgan fingerprint density at radius 2 is 2.14 bits per heavy atom. The van der Waals surface area contributed by atoms with Gasteiger partial charge in [-0.3, -0.25) is 4.79 Å². The largest absolute Gasteiger partial charge is 0.308 e. The summed E-state index contributed by atoms with van der Waals surface area (Å²) >= 11 is 5.69. The summed E-state index contributed by atoms with van der Waals surface area (Å²) in [5, 5.41) is 1.78. The van der Waals surface area contributed by atoms with Crippen LogP contribution in [0, 0.1) is 0 Å². The second-order valence-corrected chi connectivity index (χ2v) is 10.1. The Hall–Kier alpha value is -1.07. The summed E-state index contributed by atoms with van der Waals surface area (Å²) in [4.78, 5) is 18.8. The van der Waals surface area contributed by atoms with Crippen molar-refractivity contribution in [1.82, 2.24) is 14.3 Å². The number of halogens is 1. The van der Waals surface area contributed by atoms with Gasteiger partial charge in [0.2, 0.25) is 0 Å². The lowest BCUT2D eigenvalue weighted by Crippen LogP contribution is -2.27. The van der Waals surface area contributed by atoms with Gasteiger partial charge in [-0.2, -0.15) is 4.31 Å².